The standard InChI is InChI=1S/C16H12BrNS/c1-11-4-2-3-5-14(11)16-18-15(10-19-16)12-6-8-13(17)9-7-12/h2-10H,1H3. The molecule has 3 aromatic rings. The zero-order valence-corrected chi connectivity index (χ0v) is 12.8. The molecule has 0 N–H and O–H groups in total. The van der Waals surface area contributed by atoms with Crippen molar-refractivity contribution in [2.75, 3.05) is 0 Å². The Morgan fingerprint density at radius 1 is 1.00 bits per heavy atom. The Morgan fingerprint density at radius 2 is 1.74 bits per heavy atom. The fourth-order valence-electron chi connectivity index (χ4n) is 1.96. The lowest BCUT2D eigenvalue weighted by molar-refractivity contribution is 1.37. The summed E-state index contributed by atoms with van der Waals surface area (Å²) in [7, 11) is 0. The molecule has 2 aromatic carbocycles. The Labute approximate surface area is 125 Å². The van der Waals surface area contributed by atoms with Crippen LogP contribution in [0.4, 0.5) is 0 Å². The average molecular weight is 330 g/mol. The molecule has 1 heterocycles. The van der Waals surface area contributed by atoms with E-state index in [0.29, 0.717) is 0 Å². The minimum absolute atomic E-state index is 1.04. The zero-order chi connectivity index (χ0) is 13.2. The Bertz CT molecular complexity index is 701. The molecule has 0 unspecified atom stereocenters. The normalized spacial score (nSPS) is 10.6. The van der Waals surface area contributed by atoms with E-state index in [2.05, 4.69) is 64.6 Å². The molecule has 0 bridgehead atoms. The molecule has 0 amide bonds. The zero-order valence-electron chi connectivity index (χ0n) is 10.4. The predicted molar refractivity (Wildman–Crippen MR) is 85.4 cm³/mol. The van der Waals surface area contributed by atoms with Gasteiger partial charge in [-0.3, -0.25) is 0 Å². The van der Waals surface area contributed by atoms with Crippen molar-refractivity contribution in [2.45, 2.75) is 6.92 Å². The van der Waals surface area contributed by atoms with Crippen LogP contribution < -0.4 is 0 Å². The summed E-state index contributed by atoms with van der Waals surface area (Å²) in [6.07, 6.45) is 0. The van der Waals surface area contributed by atoms with Crippen LogP contribution in [-0.4, -0.2) is 4.98 Å². The largest absolute Gasteiger partial charge is 0.236 e. The van der Waals surface area contributed by atoms with Gasteiger partial charge in [0.15, 0.2) is 0 Å². The highest BCUT2D eigenvalue weighted by molar-refractivity contribution is 9.10. The second-order valence-corrected chi connectivity index (χ2v) is 6.13. The first-order valence-electron chi connectivity index (χ1n) is 6.01. The topological polar surface area (TPSA) is 12.9 Å². The van der Waals surface area contributed by atoms with Crippen LogP contribution in [0.5, 0.6) is 0 Å². The van der Waals surface area contributed by atoms with Gasteiger partial charge in [0.05, 0.1) is 5.69 Å². The van der Waals surface area contributed by atoms with E-state index in [9.17, 15) is 0 Å². The number of aryl methyl sites for hydroxylation is 1. The molecule has 19 heavy (non-hydrogen) atoms. The average Bonchev–Trinajstić information content (AvgIpc) is 2.89. The van der Waals surface area contributed by atoms with Gasteiger partial charge in [-0.25, -0.2) is 4.98 Å². The smallest absolute Gasteiger partial charge is 0.124 e. The van der Waals surface area contributed by atoms with Crippen molar-refractivity contribution in [2.24, 2.45) is 0 Å². The molecule has 0 fully saturated rings. The quantitative estimate of drug-likeness (QED) is 0.600. The SMILES string of the molecule is Cc1ccccc1-c1nc(-c2ccc(Br)cc2)cs1. The van der Waals surface area contributed by atoms with Gasteiger partial charge in [-0.1, -0.05) is 52.3 Å². The van der Waals surface area contributed by atoms with Crippen molar-refractivity contribution < 1.29 is 0 Å². The van der Waals surface area contributed by atoms with E-state index in [-0.39, 0.29) is 0 Å². The van der Waals surface area contributed by atoms with E-state index in [1.54, 1.807) is 11.3 Å². The molecular formula is C16H12BrNS. The highest BCUT2D eigenvalue weighted by Crippen LogP contribution is 2.30. The third-order valence-corrected chi connectivity index (χ3v) is 4.42. The lowest BCUT2D eigenvalue weighted by Gasteiger charge is -2.00. The minimum Gasteiger partial charge on any atom is -0.236 e. The van der Waals surface area contributed by atoms with Gasteiger partial charge < -0.3 is 0 Å². The van der Waals surface area contributed by atoms with Gasteiger partial charge >= 0.3 is 0 Å². The van der Waals surface area contributed by atoms with Gasteiger partial charge in [0.25, 0.3) is 0 Å². The summed E-state index contributed by atoms with van der Waals surface area (Å²) in [6, 6.07) is 16.6. The van der Waals surface area contributed by atoms with Crippen molar-refractivity contribution in [3.05, 3.63) is 63.9 Å². The molecular weight excluding hydrogens is 318 g/mol. The number of halogens is 1. The van der Waals surface area contributed by atoms with Crippen LogP contribution in [0.25, 0.3) is 21.8 Å². The van der Waals surface area contributed by atoms with Crippen LogP contribution in [0, 0.1) is 6.92 Å². The second-order valence-electron chi connectivity index (χ2n) is 4.36. The third kappa shape index (κ3) is 2.62. The van der Waals surface area contributed by atoms with Crippen molar-refractivity contribution >= 4 is 27.3 Å². The Balaban J connectivity index is 2.00. The summed E-state index contributed by atoms with van der Waals surface area (Å²) in [5.74, 6) is 0. The van der Waals surface area contributed by atoms with E-state index in [0.717, 1.165) is 20.7 Å². The highest BCUT2D eigenvalue weighted by Gasteiger charge is 2.08. The van der Waals surface area contributed by atoms with Crippen molar-refractivity contribution in [3.63, 3.8) is 0 Å². The van der Waals surface area contributed by atoms with E-state index in [1.165, 1.54) is 11.1 Å². The Morgan fingerprint density at radius 3 is 2.47 bits per heavy atom. The Hall–Kier alpha value is -1.45. The molecule has 0 aliphatic heterocycles. The first-order chi connectivity index (χ1) is 9.24. The van der Waals surface area contributed by atoms with Crippen LogP contribution in [-0.2, 0) is 0 Å². The number of rotatable bonds is 2. The van der Waals surface area contributed by atoms with Gasteiger partial charge in [-0.2, -0.15) is 0 Å². The molecule has 94 valence electrons. The summed E-state index contributed by atoms with van der Waals surface area (Å²) in [5.41, 5.74) is 4.67. The van der Waals surface area contributed by atoms with Crippen LogP contribution in [0.15, 0.2) is 58.4 Å². The maximum atomic E-state index is 4.74. The van der Waals surface area contributed by atoms with Crippen molar-refractivity contribution in [1.29, 1.82) is 0 Å². The lowest BCUT2D eigenvalue weighted by atomic mass is 10.1. The molecule has 0 saturated carbocycles. The van der Waals surface area contributed by atoms with Crippen LogP contribution in [0.1, 0.15) is 5.56 Å². The minimum atomic E-state index is 1.04. The summed E-state index contributed by atoms with van der Waals surface area (Å²) in [4.78, 5) is 4.74. The first-order valence-corrected chi connectivity index (χ1v) is 7.69. The monoisotopic (exact) mass is 329 g/mol. The summed E-state index contributed by atoms with van der Waals surface area (Å²) in [5, 5.41) is 3.20. The first kappa shape index (κ1) is 12.6. The van der Waals surface area contributed by atoms with E-state index in [4.69, 9.17) is 4.98 Å². The number of thiazole rings is 1. The third-order valence-electron chi connectivity index (χ3n) is 3.02. The molecule has 0 aliphatic carbocycles. The molecule has 0 saturated heterocycles. The molecule has 0 spiro atoms. The number of aromatic nitrogens is 1. The van der Waals surface area contributed by atoms with Crippen molar-refractivity contribution in [3.8, 4) is 21.8 Å². The van der Waals surface area contributed by atoms with Gasteiger partial charge in [0, 0.05) is 21.0 Å². The van der Waals surface area contributed by atoms with Gasteiger partial charge in [0.1, 0.15) is 5.01 Å². The summed E-state index contributed by atoms with van der Waals surface area (Å²) >= 11 is 5.14. The maximum Gasteiger partial charge on any atom is 0.124 e. The molecule has 1 nitrogen and oxygen atoms in total. The van der Waals surface area contributed by atoms with E-state index < -0.39 is 0 Å². The number of benzene rings is 2. The van der Waals surface area contributed by atoms with Crippen molar-refractivity contribution in [1.82, 2.24) is 4.98 Å². The number of hydrogen-bond acceptors (Lipinski definition) is 2. The Kier molecular flexibility index (Phi) is 3.49. The van der Waals surface area contributed by atoms with Crippen LogP contribution >= 0.6 is 27.3 Å². The number of hydrogen-bond donors (Lipinski definition) is 0. The maximum absolute atomic E-state index is 4.74. The molecule has 3 rings (SSSR count). The van der Waals surface area contributed by atoms with E-state index in [1.807, 2.05) is 12.1 Å². The molecule has 0 atom stereocenters. The highest BCUT2D eigenvalue weighted by atomic mass is 79.9. The fourth-order valence-corrected chi connectivity index (χ4v) is 3.15. The molecule has 1 aromatic heterocycles. The molecule has 3 heteroatoms. The fraction of sp³-hybridized carbons (Fsp3) is 0.0625. The van der Waals surface area contributed by atoms with Gasteiger partial charge in [0.2, 0.25) is 0 Å². The van der Waals surface area contributed by atoms with Crippen LogP contribution in [0.3, 0.4) is 0 Å². The second kappa shape index (κ2) is 5.27. The molecule has 0 radical (unpaired) electrons. The summed E-state index contributed by atoms with van der Waals surface area (Å²) < 4.78 is 1.09. The number of nitrogens with zero attached hydrogens (tertiary/aromatic N) is 1. The lowest BCUT2D eigenvalue weighted by Crippen LogP contribution is -1.82. The van der Waals surface area contributed by atoms with Gasteiger partial charge in [-0.15, -0.1) is 11.3 Å². The predicted octanol–water partition coefficient (Wildman–Crippen LogP) is 5.55. The van der Waals surface area contributed by atoms with Crippen LogP contribution in [0.2, 0.25) is 0 Å². The summed E-state index contributed by atoms with van der Waals surface area (Å²) in [6.45, 7) is 2.12. The van der Waals surface area contributed by atoms with E-state index >= 15 is 0 Å². The van der Waals surface area contributed by atoms with Gasteiger partial charge in [-0.05, 0) is 24.6 Å². The molecule has 0 aliphatic rings.